The smallest absolute Gasteiger partial charge is 0.385 e. The lowest BCUT2D eigenvalue weighted by Gasteiger charge is -2.06. The Bertz CT molecular complexity index is 1260. The molecule has 2 aromatic carbocycles. The Morgan fingerprint density at radius 2 is 1.07 bits per heavy atom. The van der Waals surface area contributed by atoms with Gasteiger partial charge in [0, 0.05) is 35.9 Å². The van der Waals surface area contributed by atoms with Crippen molar-refractivity contribution in [3.05, 3.63) is 83.4 Å². The lowest BCUT2D eigenvalue weighted by atomic mass is 10.1. The molecule has 210 valence electrons. The third kappa shape index (κ3) is 8.72. The van der Waals surface area contributed by atoms with Gasteiger partial charge in [-0.2, -0.15) is 0 Å². The molecule has 0 saturated heterocycles. The number of aromatic nitrogens is 4. The number of ether oxygens (including phenoxy) is 2. The number of nitrogens with one attached hydrogen (secondary N) is 4. The monoisotopic (exact) mass is 544 g/mol. The van der Waals surface area contributed by atoms with Crippen molar-refractivity contribution in [3.63, 3.8) is 0 Å². The van der Waals surface area contributed by atoms with Crippen molar-refractivity contribution in [1.29, 1.82) is 0 Å². The first-order valence-corrected chi connectivity index (χ1v) is 13.7. The topological polar surface area (TPSA) is 134 Å². The van der Waals surface area contributed by atoms with Crippen LogP contribution in [0.2, 0.25) is 0 Å². The second kappa shape index (κ2) is 14.5. The molecule has 10 nitrogen and oxygen atoms in total. The molecule has 4 N–H and O–H groups in total. The van der Waals surface area contributed by atoms with E-state index < -0.39 is 11.9 Å². The molecule has 0 radical (unpaired) electrons. The third-order valence-electron chi connectivity index (χ3n) is 6.38. The number of aromatic amines is 2. The van der Waals surface area contributed by atoms with E-state index >= 15 is 0 Å². The van der Waals surface area contributed by atoms with E-state index in [9.17, 15) is 9.59 Å². The average molecular weight is 545 g/mol. The average Bonchev–Trinajstić information content (AvgIpc) is 3.63. The molecule has 0 fully saturated rings. The van der Waals surface area contributed by atoms with E-state index in [1.165, 1.54) is 11.1 Å². The van der Waals surface area contributed by atoms with Crippen LogP contribution in [0, 0.1) is 0 Å². The summed E-state index contributed by atoms with van der Waals surface area (Å²) >= 11 is 0. The minimum atomic E-state index is -1.19. The summed E-state index contributed by atoms with van der Waals surface area (Å²) in [5.41, 5.74) is 6.34. The predicted molar refractivity (Wildman–Crippen MR) is 154 cm³/mol. The highest BCUT2D eigenvalue weighted by Crippen LogP contribution is 2.13. The summed E-state index contributed by atoms with van der Waals surface area (Å²) in [6.45, 7) is 5.82. The van der Waals surface area contributed by atoms with Crippen molar-refractivity contribution >= 4 is 23.3 Å². The Labute approximate surface area is 233 Å². The summed E-state index contributed by atoms with van der Waals surface area (Å²) in [5.74, 6) is -2.37. The van der Waals surface area contributed by atoms with Crippen LogP contribution >= 0.6 is 0 Å². The van der Waals surface area contributed by atoms with Crippen LogP contribution in [0.15, 0.2) is 60.9 Å². The Hall–Kier alpha value is -4.60. The molecule has 0 aliphatic carbocycles. The van der Waals surface area contributed by atoms with Crippen LogP contribution in [0.5, 0.6) is 12.0 Å². The maximum absolute atomic E-state index is 12.2. The van der Waals surface area contributed by atoms with Crippen molar-refractivity contribution in [2.45, 2.75) is 52.4 Å². The van der Waals surface area contributed by atoms with Crippen LogP contribution < -0.4 is 20.1 Å². The lowest BCUT2D eigenvalue weighted by molar-refractivity contribution is -0.156. The van der Waals surface area contributed by atoms with Gasteiger partial charge >= 0.3 is 24.0 Å². The van der Waals surface area contributed by atoms with Crippen LogP contribution in [0.25, 0.3) is 0 Å². The predicted octanol–water partition coefficient (Wildman–Crippen LogP) is 4.86. The van der Waals surface area contributed by atoms with Gasteiger partial charge in [-0.15, -0.1) is 0 Å². The van der Waals surface area contributed by atoms with Crippen LogP contribution in [-0.2, 0) is 35.3 Å². The summed E-state index contributed by atoms with van der Waals surface area (Å²) in [5, 5.41) is 6.75. The van der Waals surface area contributed by atoms with E-state index in [1.54, 1.807) is 12.4 Å². The number of H-pyrrole nitrogens is 2. The van der Waals surface area contributed by atoms with E-state index in [1.807, 2.05) is 0 Å². The van der Waals surface area contributed by atoms with Gasteiger partial charge in [0.15, 0.2) is 0 Å². The fourth-order valence-corrected chi connectivity index (χ4v) is 4.03. The molecule has 0 spiro atoms. The van der Waals surface area contributed by atoms with Crippen LogP contribution in [0.4, 0.5) is 11.4 Å². The van der Waals surface area contributed by atoms with E-state index in [0.717, 1.165) is 61.5 Å². The highest BCUT2D eigenvalue weighted by atomic mass is 16.6. The van der Waals surface area contributed by atoms with Crippen molar-refractivity contribution < 1.29 is 19.1 Å². The third-order valence-corrected chi connectivity index (χ3v) is 6.38. The molecular weight excluding hydrogens is 508 g/mol. The Kier molecular flexibility index (Phi) is 10.3. The minimum Gasteiger partial charge on any atom is -0.385 e. The zero-order valence-corrected chi connectivity index (χ0v) is 23.0. The van der Waals surface area contributed by atoms with Gasteiger partial charge < -0.3 is 30.1 Å². The Morgan fingerprint density at radius 1 is 0.675 bits per heavy atom. The largest absolute Gasteiger partial charge is 0.425 e. The Morgan fingerprint density at radius 3 is 1.45 bits per heavy atom. The van der Waals surface area contributed by atoms with E-state index in [2.05, 4.69) is 92.9 Å². The highest BCUT2D eigenvalue weighted by Gasteiger charge is 2.22. The number of carbonyl (C=O) groups is 2. The molecule has 10 heteroatoms. The second-order valence-corrected chi connectivity index (χ2v) is 9.37. The summed E-state index contributed by atoms with van der Waals surface area (Å²) in [6.07, 6.45) is 8.28. The van der Waals surface area contributed by atoms with Crippen LogP contribution in [0.1, 0.15) is 49.2 Å². The number of aryl methyl sites for hydroxylation is 4. The molecular formula is C30H36N6O4. The van der Waals surface area contributed by atoms with Crippen molar-refractivity contribution in [2.75, 3.05) is 23.7 Å². The van der Waals surface area contributed by atoms with Gasteiger partial charge in [-0.25, -0.2) is 19.6 Å². The SMILES string of the molecule is CCc1ccc(NCCCc2cnc(OC(=O)C(=O)Oc3ncc(CCCNc4ccc(CC)cc4)[nH]3)[nH]2)cc1. The lowest BCUT2D eigenvalue weighted by Crippen LogP contribution is -2.26. The molecule has 0 aliphatic rings. The maximum atomic E-state index is 12.2. The summed E-state index contributed by atoms with van der Waals surface area (Å²) in [4.78, 5) is 38.2. The molecule has 2 heterocycles. The first kappa shape index (κ1) is 28.4. The molecule has 0 saturated carbocycles. The molecule has 40 heavy (non-hydrogen) atoms. The molecule has 2 aromatic heterocycles. The number of hydrogen-bond acceptors (Lipinski definition) is 8. The molecule has 0 atom stereocenters. The van der Waals surface area contributed by atoms with E-state index in [4.69, 9.17) is 9.47 Å². The normalized spacial score (nSPS) is 10.8. The second-order valence-electron chi connectivity index (χ2n) is 9.37. The highest BCUT2D eigenvalue weighted by molar-refractivity contribution is 6.30. The zero-order valence-electron chi connectivity index (χ0n) is 23.0. The number of benzene rings is 2. The number of anilines is 2. The van der Waals surface area contributed by atoms with Crippen molar-refractivity contribution in [2.24, 2.45) is 0 Å². The van der Waals surface area contributed by atoms with Crippen molar-refractivity contribution in [3.8, 4) is 12.0 Å². The quantitative estimate of drug-likeness (QED) is 0.100. The molecule has 0 aliphatic heterocycles. The number of nitrogens with zero attached hydrogens (tertiary/aromatic N) is 2. The van der Waals surface area contributed by atoms with Gasteiger partial charge in [-0.3, -0.25) is 0 Å². The number of imidazole rings is 2. The number of hydrogen-bond donors (Lipinski definition) is 4. The summed E-state index contributed by atoms with van der Waals surface area (Å²) < 4.78 is 10.0. The Balaban J connectivity index is 1.13. The number of rotatable bonds is 14. The number of esters is 2. The van der Waals surface area contributed by atoms with Gasteiger partial charge in [-0.05, 0) is 73.9 Å². The fourth-order valence-electron chi connectivity index (χ4n) is 4.03. The van der Waals surface area contributed by atoms with Crippen LogP contribution in [0.3, 0.4) is 0 Å². The van der Waals surface area contributed by atoms with E-state index in [0.29, 0.717) is 12.8 Å². The fraction of sp³-hybridized carbons (Fsp3) is 0.333. The van der Waals surface area contributed by atoms with Gasteiger partial charge in [0.2, 0.25) is 0 Å². The van der Waals surface area contributed by atoms with Crippen LogP contribution in [-0.4, -0.2) is 45.0 Å². The molecule has 4 rings (SSSR count). The molecule has 4 aromatic rings. The molecule has 0 amide bonds. The molecule has 0 unspecified atom stereocenters. The zero-order chi connectivity index (χ0) is 28.2. The number of carbonyl (C=O) groups excluding carboxylic acids is 2. The van der Waals surface area contributed by atoms with Gasteiger partial charge in [-0.1, -0.05) is 38.1 Å². The molecule has 0 bridgehead atoms. The summed E-state index contributed by atoms with van der Waals surface area (Å²) in [7, 11) is 0. The van der Waals surface area contributed by atoms with Gasteiger partial charge in [0.25, 0.3) is 0 Å². The first-order chi connectivity index (χ1) is 19.5. The summed E-state index contributed by atoms with van der Waals surface area (Å²) in [6, 6.07) is 16.6. The van der Waals surface area contributed by atoms with Gasteiger partial charge in [0.1, 0.15) is 0 Å². The first-order valence-electron chi connectivity index (χ1n) is 13.7. The maximum Gasteiger partial charge on any atom is 0.425 e. The minimum absolute atomic E-state index is 0.0583. The van der Waals surface area contributed by atoms with Crippen molar-refractivity contribution in [1.82, 2.24) is 19.9 Å². The van der Waals surface area contributed by atoms with Gasteiger partial charge in [0.05, 0.1) is 12.4 Å². The van der Waals surface area contributed by atoms with E-state index in [-0.39, 0.29) is 12.0 Å². The standard InChI is InChI=1S/C30H36N6O4/c1-3-21-9-13-23(14-10-21)31-17-5-7-25-19-33-29(35-25)39-27(37)28(38)40-30-34-20-26(36-30)8-6-18-32-24-15-11-22(4-2)12-16-24/h9-16,19-20,31-32H,3-8,17-18H2,1-2H3,(H,33,35)(H,34,36).